The van der Waals surface area contributed by atoms with Crippen molar-refractivity contribution in [2.24, 2.45) is 11.8 Å². The zero-order valence-electron chi connectivity index (χ0n) is 7.68. The fourth-order valence-corrected chi connectivity index (χ4v) is 2.62. The van der Waals surface area contributed by atoms with Crippen molar-refractivity contribution in [3.63, 3.8) is 0 Å². The first-order chi connectivity index (χ1) is 5.38. The van der Waals surface area contributed by atoms with Crippen molar-refractivity contribution in [3.8, 4) is 0 Å². The molecule has 0 aromatic carbocycles. The van der Waals surface area contributed by atoms with Gasteiger partial charge in [0, 0.05) is 1.37 Å². The second-order valence-electron chi connectivity index (χ2n) is 3.87. The molecule has 0 spiro atoms. The molecule has 2 aliphatic rings. The predicted octanol–water partition coefficient (Wildman–Crippen LogP) is 3.37. The van der Waals surface area contributed by atoms with Crippen LogP contribution in [0.3, 0.4) is 0 Å². The molecule has 3 unspecified atom stereocenters. The molecule has 2 aliphatic carbocycles. The number of hydrogen-bond donors (Lipinski definition) is 0. The van der Waals surface area contributed by atoms with Crippen molar-refractivity contribution in [3.05, 3.63) is 0 Å². The molecule has 0 aromatic rings. The molecule has 0 nitrogen and oxygen atoms in total. The van der Waals surface area contributed by atoms with Crippen molar-refractivity contribution >= 4 is 0 Å². The summed E-state index contributed by atoms with van der Waals surface area (Å²) in [5, 5.41) is 0. The van der Waals surface area contributed by atoms with Crippen LogP contribution in [-0.4, -0.2) is 0 Å². The van der Waals surface area contributed by atoms with Crippen LogP contribution in [0.5, 0.6) is 0 Å². The molecule has 10 heavy (non-hydrogen) atoms. The summed E-state index contributed by atoms with van der Waals surface area (Å²) in [4.78, 5) is 0. The Balaban J connectivity index is 1.99. The summed E-state index contributed by atoms with van der Waals surface area (Å²) in [5.41, 5.74) is 0. The molecule has 0 aromatic heterocycles. The fourth-order valence-electron chi connectivity index (χ4n) is 2.62. The van der Waals surface area contributed by atoms with Gasteiger partial charge < -0.3 is 0 Å². The SMILES string of the molecule is [2H]C1CCCC2CCCCC12. The highest BCUT2D eigenvalue weighted by atomic mass is 14.3. The van der Waals surface area contributed by atoms with Crippen molar-refractivity contribution in [1.29, 1.82) is 0 Å². The van der Waals surface area contributed by atoms with E-state index in [-0.39, 0.29) is 0 Å². The monoisotopic (exact) mass is 139 g/mol. The minimum Gasteiger partial charge on any atom is -0.0530 e. The first-order valence-corrected chi connectivity index (χ1v) is 4.80. The normalized spacial score (nSPS) is 49.6. The van der Waals surface area contributed by atoms with E-state index < -0.39 is 0 Å². The molecule has 0 saturated heterocycles. The van der Waals surface area contributed by atoms with Crippen LogP contribution in [0.4, 0.5) is 0 Å². The minimum absolute atomic E-state index is 0.300. The summed E-state index contributed by atoms with van der Waals surface area (Å²) in [6.07, 6.45) is 9.87. The van der Waals surface area contributed by atoms with Gasteiger partial charge in [-0.2, -0.15) is 0 Å². The highest BCUT2D eigenvalue weighted by Gasteiger charge is 2.26. The van der Waals surface area contributed by atoms with Gasteiger partial charge in [0.25, 0.3) is 0 Å². The first kappa shape index (κ1) is 5.62. The van der Waals surface area contributed by atoms with Crippen LogP contribution in [0.15, 0.2) is 0 Å². The lowest BCUT2D eigenvalue weighted by atomic mass is 9.71. The summed E-state index contributed by atoms with van der Waals surface area (Å²) in [6, 6.07) is 0. The lowest BCUT2D eigenvalue weighted by Gasteiger charge is -2.35. The van der Waals surface area contributed by atoms with Gasteiger partial charge >= 0.3 is 0 Å². The van der Waals surface area contributed by atoms with Gasteiger partial charge in [0.1, 0.15) is 0 Å². The topological polar surface area (TPSA) is 0 Å². The van der Waals surface area contributed by atoms with Crippen LogP contribution < -0.4 is 0 Å². The highest BCUT2D eigenvalue weighted by Crippen LogP contribution is 2.39. The fraction of sp³-hybridized carbons (Fsp3) is 1.00. The van der Waals surface area contributed by atoms with Crippen molar-refractivity contribution in [1.82, 2.24) is 0 Å². The van der Waals surface area contributed by atoms with Gasteiger partial charge in [0.2, 0.25) is 0 Å². The number of rotatable bonds is 0. The maximum absolute atomic E-state index is 7.90. The van der Waals surface area contributed by atoms with E-state index in [0.717, 1.165) is 11.8 Å². The van der Waals surface area contributed by atoms with Gasteiger partial charge in [-0.15, -0.1) is 0 Å². The van der Waals surface area contributed by atoms with Crippen molar-refractivity contribution in [2.45, 2.75) is 51.3 Å². The number of fused-ring (bicyclic) bond motifs is 1. The lowest BCUT2D eigenvalue weighted by molar-refractivity contribution is 0.171. The van der Waals surface area contributed by atoms with Crippen LogP contribution in [0, 0.1) is 11.8 Å². The quantitative estimate of drug-likeness (QED) is 0.482. The number of hydrogen-bond acceptors (Lipinski definition) is 0. The standard InChI is InChI=1S/C10H18/c1-2-6-10-8-4-3-7-9(10)5-1/h9-10H,1-8H2/i5D. The highest BCUT2D eigenvalue weighted by molar-refractivity contribution is 4.78. The first-order valence-electron chi connectivity index (χ1n) is 5.38. The lowest BCUT2D eigenvalue weighted by Crippen LogP contribution is -2.22. The Bertz CT molecular complexity index is 131. The third kappa shape index (κ3) is 1.21. The summed E-state index contributed by atoms with van der Waals surface area (Å²) < 4.78 is 7.90. The maximum Gasteiger partial charge on any atom is 0.0269 e. The minimum atomic E-state index is 0.300. The third-order valence-electron chi connectivity index (χ3n) is 3.22. The molecule has 0 heterocycles. The Kier molecular flexibility index (Phi) is 1.65. The van der Waals surface area contributed by atoms with Crippen LogP contribution >= 0.6 is 0 Å². The predicted molar refractivity (Wildman–Crippen MR) is 43.9 cm³/mol. The van der Waals surface area contributed by atoms with Crippen molar-refractivity contribution < 1.29 is 1.37 Å². The van der Waals surface area contributed by atoms with E-state index in [1.165, 1.54) is 44.9 Å². The summed E-state index contributed by atoms with van der Waals surface area (Å²) in [7, 11) is 0. The molecule has 3 atom stereocenters. The molecule has 2 fully saturated rings. The zero-order valence-corrected chi connectivity index (χ0v) is 6.68. The second-order valence-corrected chi connectivity index (χ2v) is 3.87. The van der Waals surface area contributed by atoms with E-state index in [4.69, 9.17) is 1.37 Å². The Morgan fingerprint density at radius 2 is 1.40 bits per heavy atom. The molecular weight excluding hydrogens is 120 g/mol. The van der Waals surface area contributed by atoms with Gasteiger partial charge in [0.15, 0.2) is 0 Å². The molecule has 2 saturated carbocycles. The van der Waals surface area contributed by atoms with Crippen LogP contribution in [0.2, 0.25) is 0 Å². The smallest absolute Gasteiger partial charge is 0.0269 e. The van der Waals surface area contributed by atoms with Gasteiger partial charge in [-0.05, 0) is 11.8 Å². The third-order valence-corrected chi connectivity index (χ3v) is 3.22. The average molecular weight is 139 g/mol. The van der Waals surface area contributed by atoms with E-state index in [1.54, 1.807) is 0 Å². The molecule has 0 aliphatic heterocycles. The molecule has 0 N–H and O–H groups in total. The summed E-state index contributed by atoms with van der Waals surface area (Å²) in [6.45, 7) is 0. The molecule has 2 rings (SSSR count). The van der Waals surface area contributed by atoms with E-state index in [9.17, 15) is 0 Å². The van der Waals surface area contributed by atoms with Crippen molar-refractivity contribution in [2.75, 3.05) is 0 Å². The van der Waals surface area contributed by atoms with Crippen LogP contribution in [0.25, 0.3) is 0 Å². The Labute approximate surface area is 65.4 Å². The van der Waals surface area contributed by atoms with E-state index in [2.05, 4.69) is 0 Å². The molecule has 0 heteroatoms. The van der Waals surface area contributed by atoms with Gasteiger partial charge in [-0.25, -0.2) is 0 Å². The molecule has 58 valence electrons. The Morgan fingerprint density at radius 1 is 0.800 bits per heavy atom. The molecule has 0 amide bonds. The van der Waals surface area contributed by atoms with E-state index >= 15 is 0 Å². The zero-order chi connectivity index (χ0) is 7.68. The molecular formula is C10H18. The average Bonchev–Trinajstić information content (AvgIpc) is 2.06. The second kappa shape index (κ2) is 2.94. The largest absolute Gasteiger partial charge is 0.0530 e. The maximum atomic E-state index is 7.90. The molecule has 0 bridgehead atoms. The van der Waals surface area contributed by atoms with Crippen LogP contribution in [0.1, 0.15) is 52.7 Å². The Morgan fingerprint density at radius 3 is 2.10 bits per heavy atom. The van der Waals surface area contributed by atoms with Gasteiger partial charge in [-0.3, -0.25) is 0 Å². The summed E-state index contributed by atoms with van der Waals surface area (Å²) in [5.74, 6) is 1.73. The van der Waals surface area contributed by atoms with Crippen LogP contribution in [-0.2, 0) is 0 Å². The molecule has 0 radical (unpaired) electrons. The Hall–Kier alpha value is 0. The summed E-state index contributed by atoms with van der Waals surface area (Å²) >= 11 is 0. The van der Waals surface area contributed by atoms with E-state index in [1.807, 2.05) is 0 Å². The van der Waals surface area contributed by atoms with Gasteiger partial charge in [0.05, 0.1) is 0 Å². The van der Waals surface area contributed by atoms with Gasteiger partial charge in [-0.1, -0.05) is 51.3 Å². The van der Waals surface area contributed by atoms with E-state index in [0.29, 0.717) is 6.40 Å².